The lowest BCUT2D eigenvalue weighted by molar-refractivity contribution is -0.378. The highest BCUT2D eigenvalue weighted by atomic mass is 16.8. The van der Waals surface area contributed by atoms with Gasteiger partial charge in [0.1, 0.15) is 122 Å². The summed E-state index contributed by atoms with van der Waals surface area (Å²) in [6, 6.07) is -3.22. The molecule has 4 heterocycles. The standard InChI is InChI=1S/C34H60N2O26/c1-9(42)35-17-23(50)20(47)13(4-38)56-31(17)55-8-12(45)19(46)28(11(44)3-37)60-32-18(36-10(2)43)24(51)29(16(7-41)59-32)61-34-27(54)30(22(49)15(6-40)58-34)62-33-26(53)25(52)21(48)14(5-39)57-33/h11-34,37-41,44-54H,3-8H2,1-2H3,(H,35,42)(H,36,43)/t11-,12+,13+,14+,15+,16+,17+,18+,19-,20+,21-,22-,23+,24+,25-,26+,27+,28+,29+,30-,31+,32-,33+,34-/m0/s1. The zero-order valence-corrected chi connectivity index (χ0v) is 33.3. The molecule has 62 heavy (non-hydrogen) atoms. The van der Waals surface area contributed by atoms with E-state index in [1.165, 1.54) is 0 Å². The Kier molecular flexibility index (Phi) is 19.9. The third-order valence-electron chi connectivity index (χ3n) is 10.7. The van der Waals surface area contributed by atoms with Gasteiger partial charge in [0.15, 0.2) is 25.2 Å². The van der Waals surface area contributed by atoms with Crippen molar-refractivity contribution < 1.29 is 129 Å². The fourth-order valence-electron chi connectivity index (χ4n) is 7.34. The third kappa shape index (κ3) is 12.1. The average Bonchev–Trinajstić information content (AvgIpc) is 3.24. The molecule has 2 amide bonds. The average molecular weight is 913 g/mol. The summed E-state index contributed by atoms with van der Waals surface area (Å²) in [5, 5.41) is 172. The van der Waals surface area contributed by atoms with Crippen LogP contribution in [0.25, 0.3) is 0 Å². The normalized spacial score (nSPS) is 43.6. The minimum atomic E-state index is -2.24. The van der Waals surface area contributed by atoms with E-state index in [-0.39, 0.29) is 0 Å². The van der Waals surface area contributed by atoms with Crippen LogP contribution in [-0.4, -0.2) is 280 Å². The van der Waals surface area contributed by atoms with Crippen LogP contribution in [0.15, 0.2) is 0 Å². The van der Waals surface area contributed by atoms with Crippen molar-refractivity contribution in [3.8, 4) is 0 Å². The number of hydrogen-bond donors (Lipinski definition) is 18. The Bertz CT molecular complexity index is 1390. The molecule has 24 atom stereocenters. The van der Waals surface area contributed by atoms with E-state index in [2.05, 4.69) is 10.6 Å². The van der Waals surface area contributed by atoms with Crippen molar-refractivity contribution in [1.29, 1.82) is 0 Å². The van der Waals surface area contributed by atoms with E-state index in [1.54, 1.807) is 0 Å². The Hall–Kier alpha value is -2.02. The van der Waals surface area contributed by atoms with Gasteiger partial charge in [-0.25, -0.2) is 0 Å². The predicted molar refractivity (Wildman–Crippen MR) is 192 cm³/mol. The molecular formula is C34H60N2O26. The molecule has 0 saturated carbocycles. The highest BCUT2D eigenvalue weighted by molar-refractivity contribution is 5.73. The van der Waals surface area contributed by atoms with Crippen molar-refractivity contribution in [2.24, 2.45) is 0 Å². The molecule has 0 spiro atoms. The minimum absolute atomic E-state index is 0.695. The molecule has 4 aliphatic rings. The summed E-state index contributed by atoms with van der Waals surface area (Å²) in [7, 11) is 0. The third-order valence-corrected chi connectivity index (χ3v) is 10.7. The van der Waals surface area contributed by atoms with E-state index in [0.717, 1.165) is 13.8 Å². The van der Waals surface area contributed by atoms with Crippen molar-refractivity contribution in [1.82, 2.24) is 10.6 Å². The first-order chi connectivity index (χ1) is 29.2. The van der Waals surface area contributed by atoms with Gasteiger partial charge in [0.25, 0.3) is 0 Å². The zero-order valence-electron chi connectivity index (χ0n) is 33.3. The van der Waals surface area contributed by atoms with Crippen LogP contribution < -0.4 is 10.6 Å². The maximum atomic E-state index is 12.4. The van der Waals surface area contributed by atoms with Crippen molar-refractivity contribution in [3.05, 3.63) is 0 Å². The first kappa shape index (κ1) is 52.6. The van der Waals surface area contributed by atoms with Gasteiger partial charge in [-0.1, -0.05) is 0 Å². The fourth-order valence-corrected chi connectivity index (χ4v) is 7.34. The van der Waals surface area contributed by atoms with Gasteiger partial charge in [-0.2, -0.15) is 0 Å². The Morgan fingerprint density at radius 3 is 1.48 bits per heavy atom. The number of rotatable bonds is 19. The zero-order chi connectivity index (χ0) is 46.3. The quantitative estimate of drug-likeness (QED) is 0.0572. The molecule has 4 fully saturated rings. The molecule has 4 aliphatic heterocycles. The molecule has 0 radical (unpaired) electrons. The lowest BCUT2D eigenvalue weighted by atomic mass is 9.94. The van der Waals surface area contributed by atoms with Crippen molar-refractivity contribution in [3.63, 3.8) is 0 Å². The van der Waals surface area contributed by atoms with E-state index >= 15 is 0 Å². The van der Waals surface area contributed by atoms with Gasteiger partial charge in [0, 0.05) is 13.8 Å². The molecule has 4 saturated heterocycles. The lowest BCUT2D eigenvalue weighted by Gasteiger charge is -2.49. The van der Waals surface area contributed by atoms with E-state index in [0.29, 0.717) is 0 Å². The summed E-state index contributed by atoms with van der Waals surface area (Å²) in [6.07, 6.45) is -41.1. The second-order valence-corrected chi connectivity index (χ2v) is 15.2. The number of amides is 2. The van der Waals surface area contributed by atoms with E-state index in [1.807, 2.05) is 0 Å². The summed E-state index contributed by atoms with van der Waals surface area (Å²) in [4.78, 5) is 24.2. The SMILES string of the molecule is CC(=O)N[C@H]1[C@H](O[C@@H]([C@@H](O)[C@H](O)CO[C@@H]2O[C@H](CO)[C@@H](O)[C@H](O)[C@H]2NC(C)=O)[C@@H](O)CO)O[C@H](CO)[C@@H](O[C@@H]2O[C@H](CO)[C@H](O)[C@H](O[C@H]3O[C@H](CO)[C@H](O)[C@H](O)[C@H]3O)[C@H]2O)[C@@H]1O. The van der Waals surface area contributed by atoms with Crippen molar-refractivity contribution in [2.45, 2.75) is 161 Å². The topological polar surface area (TPSA) is 456 Å². The first-order valence-corrected chi connectivity index (χ1v) is 19.5. The van der Waals surface area contributed by atoms with Crippen LogP contribution in [0.4, 0.5) is 0 Å². The van der Waals surface area contributed by atoms with E-state index < -0.39 is 199 Å². The number of carbonyl (C=O) groups excluding carboxylic acids is 2. The largest absolute Gasteiger partial charge is 0.394 e. The van der Waals surface area contributed by atoms with Crippen LogP contribution in [0.3, 0.4) is 0 Å². The highest BCUT2D eigenvalue weighted by Gasteiger charge is 2.55. The van der Waals surface area contributed by atoms with Crippen LogP contribution in [0.2, 0.25) is 0 Å². The van der Waals surface area contributed by atoms with Crippen LogP contribution in [0.1, 0.15) is 13.8 Å². The second kappa shape index (κ2) is 23.4. The Morgan fingerprint density at radius 1 is 0.516 bits per heavy atom. The van der Waals surface area contributed by atoms with E-state index in [9.17, 15) is 91.3 Å². The van der Waals surface area contributed by atoms with Crippen molar-refractivity contribution in [2.75, 3.05) is 39.6 Å². The van der Waals surface area contributed by atoms with Gasteiger partial charge in [-0.3, -0.25) is 9.59 Å². The molecule has 0 bridgehead atoms. The smallest absolute Gasteiger partial charge is 0.217 e. The molecular weight excluding hydrogens is 852 g/mol. The number of carbonyl (C=O) groups is 2. The monoisotopic (exact) mass is 912 g/mol. The van der Waals surface area contributed by atoms with E-state index in [4.69, 9.17) is 37.9 Å². The maximum Gasteiger partial charge on any atom is 0.217 e. The summed E-state index contributed by atoms with van der Waals surface area (Å²) in [6.45, 7) is -3.64. The van der Waals surface area contributed by atoms with Gasteiger partial charge in [0.05, 0.1) is 39.6 Å². The number of aliphatic hydroxyl groups excluding tert-OH is 16. The van der Waals surface area contributed by atoms with Crippen LogP contribution in [0.5, 0.6) is 0 Å². The number of nitrogens with one attached hydrogen (secondary N) is 2. The molecule has 362 valence electrons. The van der Waals surface area contributed by atoms with Gasteiger partial charge in [-0.15, -0.1) is 0 Å². The minimum Gasteiger partial charge on any atom is -0.394 e. The Balaban J connectivity index is 1.53. The van der Waals surface area contributed by atoms with Gasteiger partial charge < -0.3 is 130 Å². The van der Waals surface area contributed by atoms with Crippen LogP contribution in [-0.2, 0) is 47.5 Å². The fraction of sp³-hybridized carbons (Fsp3) is 0.941. The lowest BCUT2D eigenvalue weighted by Crippen LogP contribution is -2.69. The molecule has 0 aromatic heterocycles. The Morgan fingerprint density at radius 2 is 0.968 bits per heavy atom. The molecule has 18 N–H and O–H groups in total. The van der Waals surface area contributed by atoms with Gasteiger partial charge in [-0.05, 0) is 0 Å². The van der Waals surface area contributed by atoms with Crippen LogP contribution >= 0.6 is 0 Å². The maximum absolute atomic E-state index is 12.4. The highest BCUT2D eigenvalue weighted by Crippen LogP contribution is 2.34. The van der Waals surface area contributed by atoms with Gasteiger partial charge >= 0.3 is 0 Å². The molecule has 28 nitrogen and oxygen atoms in total. The molecule has 4 rings (SSSR count). The molecule has 0 unspecified atom stereocenters. The number of aliphatic hydroxyl groups is 16. The van der Waals surface area contributed by atoms with Gasteiger partial charge in [0.2, 0.25) is 11.8 Å². The molecule has 28 heteroatoms. The molecule has 0 aliphatic carbocycles. The summed E-state index contributed by atoms with van der Waals surface area (Å²) >= 11 is 0. The van der Waals surface area contributed by atoms with Crippen LogP contribution in [0, 0.1) is 0 Å². The Labute approximate surface area is 352 Å². The predicted octanol–water partition coefficient (Wildman–Crippen LogP) is -12.0. The second-order valence-electron chi connectivity index (χ2n) is 15.2. The summed E-state index contributed by atoms with van der Waals surface area (Å²) < 4.78 is 44.6. The van der Waals surface area contributed by atoms with Crippen molar-refractivity contribution >= 4 is 11.8 Å². The number of ether oxygens (including phenoxy) is 8. The molecule has 0 aromatic rings. The summed E-state index contributed by atoms with van der Waals surface area (Å²) in [5.41, 5.74) is 0. The first-order valence-electron chi connectivity index (χ1n) is 19.5. The summed E-state index contributed by atoms with van der Waals surface area (Å²) in [5.74, 6) is -1.54. The molecule has 0 aromatic carbocycles. The number of hydrogen-bond acceptors (Lipinski definition) is 26.